The molecule has 0 aliphatic heterocycles. The molecule has 3 nitrogen and oxygen atoms in total. The van der Waals surface area contributed by atoms with Crippen molar-refractivity contribution in [3.63, 3.8) is 0 Å². The topological polar surface area (TPSA) is 44.9 Å². The summed E-state index contributed by atoms with van der Waals surface area (Å²) in [5.41, 5.74) is 2.50. The highest BCUT2D eigenvalue weighted by atomic mass is 16.1. The average Bonchev–Trinajstić information content (AvgIpc) is 2.71. The lowest BCUT2D eigenvalue weighted by molar-refractivity contribution is 0.321. The largest absolute Gasteiger partial charge is 0.326 e. The molecule has 4 unspecified atom stereocenters. The fourth-order valence-corrected chi connectivity index (χ4v) is 3.73. The predicted molar refractivity (Wildman–Crippen MR) is 77.2 cm³/mol. The molecule has 104 valence electrons. The van der Waals surface area contributed by atoms with Crippen molar-refractivity contribution in [1.82, 2.24) is 10.3 Å². The fraction of sp³-hybridized carbons (Fsp3) is 0.688. The SMILES string of the molecule is CC1CCC(NC2CCCc3[nH]c(=O)ccc32)C1C. The molecule has 0 radical (unpaired) electrons. The van der Waals surface area contributed by atoms with Crippen LogP contribution in [-0.2, 0) is 6.42 Å². The predicted octanol–water partition coefficient (Wildman–Crippen LogP) is 2.78. The summed E-state index contributed by atoms with van der Waals surface area (Å²) < 4.78 is 0. The van der Waals surface area contributed by atoms with Gasteiger partial charge in [0.2, 0.25) is 5.56 Å². The van der Waals surface area contributed by atoms with Crippen LogP contribution in [0.5, 0.6) is 0 Å². The van der Waals surface area contributed by atoms with Gasteiger partial charge in [-0.15, -0.1) is 0 Å². The van der Waals surface area contributed by atoms with E-state index in [0.29, 0.717) is 12.1 Å². The van der Waals surface area contributed by atoms with Gasteiger partial charge in [0.05, 0.1) is 0 Å². The first kappa shape index (κ1) is 12.9. The smallest absolute Gasteiger partial charge is 0.248 e. The normalized spacial score (nSPS) is 34.2. The van der Waals surface area contributed by atoms with E-state index in [1.54, 1.807) is 6.07 Å². The third-order valence-corrected chi connectivity index (χ3v) is 5.21. The van der Waals surface area contributed by atoms with Gasteiger partial charge in [0, 0.05) is 23.8 Å². The third-order valence-electron chi connectivity index (χ3n) is 5.21. The number of pyridine rings is 1. The molecule has 1 saturated carbocycles. The van der Waals surface area contributed by atoms with E-state index in [9.17, 15) is 4.79 Å². The van der Waals surface area contributed by atoms with Gasteiger partial charge in [-0.25, -0.2) is 0 Å². The molecule has 0 bridgehead atoms. The second-order valence-corrected chi connectivity index (χ2v) is 6.39. The highest BCUT2D eigenvalue weighted by molar-refractivity contribution is 5.26. The maximum atomic E-state index is 11.4. The van der Waals surface area contributed by atoms with Crippen molar-refractivity contribution in [3.8, 4) is 0 Å². The van der Waals surface area contributed by atoms with E-state index in [1.807, 2.05) is 6.07 Å². The minimum absolute atomic E-state index is 0.0299. The van der Waals surface area contributed by atoms with Gasteiger partial charge in [-0.2, -0.15) is 0 Å². The highest BCUT2D eigenvalue weighted by Gasteiger charge is 2.32. The summed E-state index contributed by atoms with van der Waals surface area (Å²) in [6.07, 6.45) is 6.00. The van der Waals surface area contributed by atoms with E-state index in [0.717, 1.165) is 24.0 Å². The van der Waals surface area contributed by atoms with Crippen molar-refractivity contribution in [1.29, 1.82) is 0 Å². The number of hydrogen-bond acceptors (Lipinski definition) is 2. The minimum atomic E-state index is 0.0299. The maximum absolute atomic E-state index is 11.4. The quantitative estimate of drug-likeness (QED) is 0.859. The van der Waals surface area contributed by atoms with Crippen molar-refractivity contribution in [2.45, 2.75) is 58.0 Å². The summed E-state index contributed by atoms with van der Waals surface area (Å²) in [7, 11) is 0. The van der Waals surface area contributed by atoms with Crippen LogP contribution in [0.15, 0.2) is 16.9 Å². The van der Waals surface area contributed by atoms with Crippen LogP contribution < -0.4 is 10.9 Å². The van der Waals surface area contributed by atoms with E-state index in [1.165, 1.54) is 31.2 Å². The Morgan fingerprint density at radius 2 is 2.05 bits per heavy atom. The molecule has 0 spiro atoms. The molecule has 3 rings (SSSR count). The van der Waals surface area contributed by atoms with Crippen LogP contribution in [0, 0.1) is 11.8 Å². The molecule has 3 heteroatoms. The Balaban J connectivity index is 1.79. The summed E-state index contributed by atoms with van der Waals surface area (Å²) in [6.45, 7) is 4.73. The molecule has 2 aliphatic rings. The molecule has 1 fully saturated rings. The van der Waals surface area contributed by atoms with Crippen LogP contribution in [0.3, 0.4) is 0 Å². The molecule has 2 N–H and O–H groups in total. The van der Waals surface area contributed by atoms with Gasteiger partial charge in [0.25, 0.3) is 0 Å². The average molecular weight is 260 g/mol. The first-order valence-corrected chi connectivity index (χ1v) is 7.63. The highest BCUT2D eigenvalue weighted by Crippen LogP contribution is 2.35. The Labute approximate surface area is 114 Å². The van der Waals surface area contributed by atoms with Gasteiger partial charge in [0.1, 0.15) is 0 Å². The van der Waals surface area contributed by atoms with Crippen molar-refractivity contribution >= 4 is 0 Å². The Bertz CT molecular complexity index is 508. The first-order chi connectivity index (χ1) is 9.15. The Kier molecular flexibility index (Phi) is 3.48. The van der Waals surface area contributed by atoms with Crippen molar-refractivity contribution in [3.05, 3.63) is 33.7 Å². The van der Waals surface area contributed by atoms with Gasteiger partial charge >= 0.3 is 0 Å². The lowest BCUT2D eigenvalue weighted by atomic mass is 9.89. The molecule has 1 heterocycles. The van der Waals surface area contributed by atoms with E-state index < -0.39 is 0 Å². The molecule has 0 amide bonds. The number of aryl methyl sites for hydroxylation is 1. The minimum Gasteiger partial charge on any atom is -0.326 e. The molecule has 2 aliphatic carbocycles. The molecule has 0 saturated heterocycles. The van der Waals surface area contributed by atoms with Gasteiger partial charge in [-0.1, -0.05) is 19.9 Å². The maximum Gasteiger partial charge on any atom is 0.248 e. The summed E-state index contributed by atoms with van der Waals surface area (Å²) in [5, 5.41) is 3.85. The monoisotopic (exact) mass is 260 g/mol. The summed E-state index contributed by atoms with van der Waals surface area (Å²) in [5.74, 6) is 1.59. The number of rotatable bonds is 2. The Morgan fingerprint density at radius 1 is 1.21 bits per heavy atom. The Hall–Kier alpha value is -1.09. The molecule has 0 aromatic carbocycles. The van der Waals surface area contributed by atoms with Gasteiger partial charge in [0.15, 0.2) is 0 Å². The van der Waals surface area contributed by atoms with Crippen LogP contribution in [0.4, 0.5) is 0 Å². The zero-order valence-corrected chi connectivity index (χ0v) is 11.9. The zero-order valence-electron chi connectivity index (χ0n) is 11.9. The van der Waals surface area contributed by atoms with E-state index in [2.05, 4.69) is 24.1 Å². The first-order valence-electron chi connectivity index (χ1n) is 7.63. The lowest BCUT2D eigenvalue weighted by Crippen LogP contribution is -2.37. The summed E-state index contributed by atoms with van der Waals surface area (Å²) in [4.78, 5) is 14.4. The number of nitrogens with one attached hydrogen (secondary N) is 2. The number of hydrogen-bond donors (Lipinski definition) is 2. The number of aromatic nitrogens is 1. The standard InChI is InChI=1S/C16H24N2O/c1-10-6-8-13(11(10)2)17-14-4-3-5-15-12(14)7-9-16(19)18-15/h7,9-11,13-14,17H,3-6,8H2,1-2H3,(H,18,19). The van der Waals surface area contributed by atoms with Gasteiger partial charge in [-0.3, -0.25) is 4.79 Å². The molecule has 1 aromatic heterocycles. The summed E-state index contributed by atoms with van der Waals surface area (Å²) >= 11 is 0. The fourth-order valence-electron chi connectivity index (χ4n) is 3.73. The van der Waals surface area contributed by atoms with E-state index >= 15 is 0 Å². The van der Waals surface area contributed by atoms with Crippen LogP contribution in [0.2, 0.25) is 0 Å². The second-order valence-electron chi connectivity index (χ2n) is 6.39. The third kappa shape index (κ3) is 2.48. The lowest BCUT2D eigenvalue weighted by Gasteiger charge is -2.31. The van der Waals surface area contributed by atoms with Crippen LogP contribution in [0.25, 0.3) is 0 Å². The van der Waals surface area contributed by atoms with Gasteiger partial charge in [-0.05, 0) is 49.5 Å². The zero-order chi connectivity index (χ0) is 13.4. The molecule has 19 heavy (non-hydrogen) atoms. The molecule has 4 atom stereocenters. The van der Waals surface area contributed by atoms with Crippen LogP contribution in [-0.4, -0.2) is 11.0 Å². The van der Waals surface area contributed by atoms with Crippen molar-refractivity contribution < 1.29 is 0 Å². The Morgan fingerprint density at radius 3 is 2.79 bits per heavy atom. The summed E-state index contributed by atoms with van der Waals surface area (Å²) in [6, 6.07) is 4.75. The molecule has 1 aromatic rings. The number of fused-ring (bicyclic) bond motifs is 1. The van der Waals surface area contributed by atoms with Crippen LogP contribution >= 0.6 is 0 Å². The molecular weight excluding hydrogens is 236 g/mol. The van der Waals surface area contributed by atoms with E-state index in [-0.39, 0.29) is 5.56 Å². The number of aromatic amines is 1. The van der Waals surface area contributed by atoms with Crippen molar-refractivity contribution in [2.24, 2.45) is 11.8 Å². The molecular formula is C16H24N2O. The second kappa shape index (κ2) is 5.12. The van der Waals surface area contributed by atoms with Crippen LogP contribution in [0.1, 0.15) is 56.8 Å². The van der Waals surface area contributed by atoms with Gasteiger partial charge < -0.3 is 10.3 Å². The number of H-pyrrole nitrogens is 1. The van der Waals surface area contributed by atoms with Crippen molar-refractivity contribution in [2.75, 3.05) is 0 Å². The van der Waals surface area contributed by atoms with E-state index in [4.69, 9.17) is 0 Å².